The summed E-state index contributed by atoms with van der Waals surface area (Å²) < 4.78 is 0. The molecule has 0 aromatic heterocycles. The highest BCUT2D eigenvalue weighted by Gasteiger charge is 2.25. The molecule has 0 aliphatic heterocycles. The van der Waals surface area contributed by atoms with Crippen LogP contribution < -0.4 is 0 Å². The van der Waals surface area contributed by atoms with Crippen molar-refractivity contribution in [1.82, 2.24) is 0 Å². The molecule has 1 fully saturated rings. The van der Waals surface area contributed by atoms with E-state index in [1.54, 1.807) is 5.57 Å². The van der Waals surface area contributed by atoms with Crippen molar-refractivity contribution in [3.63, 3.8) is 0 Å². The van der Waals surface area contributed by atoms with E-state index in [2.05, 4.69) is 19.2 Å². The van der Waals surface area contributed by atoms with Crippen molar-refractivity contribution in [1.29, 1.82) is 0 Å². The first-order valence-corrected chi connectivity index (χ1v) is 4.85. The van der Waals surface area contributed by atoms with Crippen molar-refractivity contribution < 1.29 is 0 Å². The first kappa shape index (κ1) is 7.85. The van der Waals surface area contributed by atoms with Gasteiger partial charge in [-0.15, -0.1) is 0 Å². The second kappa shape index (κ2) is 2.93. The largest absolute Gasteiger partial charge is 0.0952 e. The van der Waals surface area contributed by atoms with Crippen LogP contribution in [0.1, 0.15) is 32.1 Å². The Kier molecular flexibility index (Phi) is 1.92. The van der Waals surface area contributed by atoms with E-state index in [4.69, 9.17) is 0 Å². The lowest BCUT2D eigenvalue weighted by Crippen LogP contribution is -2.16. The lowest BCUT2D eigenvalue weighted by atomic mass is 9.74. The third kappa shape index (κ3) is 1.16. The summed E-state index contributed by atoms with van der Waals surface area (Å²) in [6.07, 6.45) is 8.78. The van der Waals surface area contributed by atoms with E-state index in [0.717, 1.165) is 6.42 Å². The Hall–Kier alpha value is -0.780. The molecule has 1 unspecified atom stereocenters. The molecule has 2 aliphatic rings. The Morgan fingerprint density at radius 1 is 1.25 bits per heavy atom. The topological polar surface area (TPSA) is 0 Å². The molecule has 0 amide bonds. The van der Waals surface area contributed by atoms with Crippen LogP contribution in [0, 0.1) is 5.92 Å². The number of allylic oxidation sites excluding steroid dienone is 4. The van der Waals surface area contributed by atoms with E-state index in [1.807, 2.05) is 0 Å². The smallest absolute Gasteiger partial charge is 0.00450 e. The fourth-order valence-electron chi connectivity index (χ4n) is 2.31. The van der Waals surface area contributed by atoms with Crippen LogP contribution in [0.4, 0.5) is 0 Å². The summed E-state index contributed by atoms with van der Waals surface area (Å²) in [4.78, 5) is 0. The summed E-state index contributed by atoms with van der Waals surface area (Å²) in [5.74, 6) is 0.667. The molecule has 0 nitrogen and oxygen atoms in total. The minimum Gasteiger partial charge on any atom is -0.0952 e. The maximum absolute atomic E-state index is 4.14. The molecule has 0 aromatic carbocycles. The van der Waals surface area contributed by atoms with E-state index < -0.39 is 0 Å². The molecular weight excluding hydrogens is 144 g/mol. The molecule has 2 aliphatic carbocycles. The average molecular weight is 160 g/mol. The molecule has 1 saturated carbocycles. The lowest BCUT2D eigenvalue weighted by Gasteiger charge is -2.31. The monoisotopic (exact) mass is 160 g/mol. The Morgan fingerprint density at radius 3 is 2.92 bits per heavy atom. The summed E-state index contributed by atoms with van der Waals surface area (Å²) in [6.45, 7) is 8.18. The van der Waals surface area contributed by atoms with Gasteiger partial charge in [0.2, 0.25) is 0 Å². The second-order valence-corrected chi connectivity index (χ2v) is 3.91. The summed E-state index contributed by atoms with van der Waals surface area (Å²) in [6, 6.07) is 0. The van der Waals surface area contributed by atoms with E-state index in [0.29, 0.717) is 5.92 Å². The van der Waals surface area contributed by atoms with Crippen LogP contribution in [0.15, 0.2) is 36.0 Å². The van der Waals surface area contributed by atoms with Gasteiger partial charge in [-0.1, -0.05) is 31.2 Å². The van der Waals surface area contributed by atoms with Crippen LogP contribution in [0.5, 0.6) is 0 Å². The van der Waals surface area contributed by atoms with Gasteiger partial charge in [-0.2, -0.15) is 0 Å². The normalized spacial score (nSPS) is 29.7. The van der Waals surface area contributed by atoms with Crippen molar-refractivity contribution in [3.05, 3.63) is 36.0 Å². The van der Waals surface area contributed by atoms with Gasteiger partial charge < -0.3 is 0 Å². The quantitative estimate of drug-likeness (QED) is 0.475. The Morgan fingerprint density at radius 2 is 2.08 bits per heavy atom. The minimum absolute atomic E-state index is 0.667. The zero-order valence-electron chi connectivity index (χ0n) is 7.60. The summed E-state index contributed by atoms with van der Waals surface area (Å²) in [5, 5.41) is 0. The SMILES string of the molecule is C=C1CC=C2CCCCC2C1=C. The molecule has 0 spiro atoms. The highest BCUT2D eigenvalue weighted by molar-refractivity contribution is 5.40. The van der Waals surface area contributed by atoms with Crippen LogP contribution in [0.3, 0.4) is 0 Å². The van der Waals surface area contributed by atoms with Crippen molar-refractivity contribution in [2.24, 2.45) is 5.92 Å². The first-order valence-electron chi connectivity index (χ1n) is 4.85. The highest BCUT2D eigenvalue weighted by atomic mass is 14.3. The average Bonchev–Trinajstić information content (AvgIpc) is 2.12. The third-order valence-electron chi connectivity index (χ3n) is 3.14. The fourth-order valence-corrected chi connectivity index (χ4v) is 2.31. The molecule has 0 aromatic rings. The Bertz CT molecular complexity index is 255. The summed E-state index contributed by atoms with van der Waals surface area (Å²) in [7, 11) is 0. The third-order valence-corrected chi connectivity index (χ3v) is 3.14. The van der Waals surface area contributed by atoms with Gasteiger partial charge in [0.05, 0.1) is 0 Å². The van der Waals surface area contributed by atoms with E-state index in [-0.39, 0.29) is 0 Å². The van der Waals surface area contributed by atoms with Crippen LogP contribution in [-0.2, 0) is 0 Å². The molecule has 64 valence electrons. The zero-order valence-corrected chi connectivity index (χ0v) is 7.60. The molecule has 0 heterocycles. The number of hydrogen-bond donors (Lipinski definition) is 0. The van der Waals surface area contributed by atoms with Crippen molar-refractivity contribution >= 4 is 0 Å². The predicted octanol–water partition coefficient (Wildman–Crippen LogP) is 3.62. The fraction of sp³-hybridized carbons (Fsp3) is 0.500. The van der Waals surface area contributed by atoms with Gasteiger partial charge in [-0.3, -0.25) is 0 Å². The zero-order chi connectivity index (χ0) is 8.55. The first-order chi connectivity index (χ1) is 5.79. The van der Waals surface area contributed by atoms with Gasteiger partial charge in [0, 0.05) is 5.92 Å². The van der Waals surface area contributed by atoms with E-state index in [9.17, 15) is 0 Å². The highest BCUT2D eigenvalue weighted by Crippen LogP contribution is 2.40. The molecular formula is C12H16. The van der Waals surface area contributed by atoms with E-state index >= 15 is 0 Å². The van der Waals surface area contributed by atoms with Crippen molar-refractivity contribution in [3.8, 4) is 0 Å². The van der Waals surface area contributed by atoms with Gasteiger partial charge in [0.15, 0.2) is 0 Å². The lowest BCUT2D eigenvalue weighted by molar-refractivity contribution is 0.495. The predicted molar refractivity (Wildman–Crippen MR) is 52.9 cm³/mol. The van der Waals surface area contributed by atoms with Crippen LogP contribution in [0.2, 0.25) is 0 Å². The van der Waals surface area contributed by atoms with Crippen LogP contribution >= 0.6 is 0 Å². The van der Waals surface area contributed by atoms with Crippen molar-refractivity contribution in [2.75, 3.05) is 0 Å². The molecule has 0 bridgehead atoms. The molecule has 12 heavy (non-hydrogen) atoms. The Balaban J connectivity index is 2.27. The molecule has 1 atom stereocenters. The van der Waals surface area contributed by atoms with Gasteiger partial charge in [-0.05, 0) is 36.8 Å². The van der Waals surface area contributed by atoms with Crippen molar-refractivity contribution in [2.45, 2.75) is 32.1 Å². The van der Waals surface area contributed by atoms with Crippen LogP contribution in [-0.4, -0.2) is 0 Å². The molecule has 0 N–H and O–H groups in total. The van der Waals surface area contributed by atoms with Crippen LogP contribution in [0.25, 0.3) is 0 Å². The number of fused-ring (bicyclic) bond motifs is 1. The molecule has 0 radical (unpaired) electrons. The maximum atomic E-state index is 4.14. The van der Waals surface area contributed by atoms with Gasteiger partial charge in [-0.25, -0.2) is 0 Å². The van der Waals surface area contributed by atoms with Gasteiger partial charge in [0.1, 0.15) is 0 Å². The number of rotatable bonds is 0. The van der Waals surface area contributed by atoms with E-state index in [1.165, 1.54) is 36.8 Å². The van der Waals surface area contributed by atoms with Gasteiger partial charge >= 0.3 is 0 Å². The number of hydrogen-bond acceptors (Lipinski definition) is 0. The molecule has 0 heteroatoms. The second-order valence-electron chi connectivity index (χ2n) is 3.91. The molecule has 0 saturated heterocycles. The maximum Gasteiger partial charge on any atom is 0.00450 e. The Labute approximate surface area is 74.7 Å². The summed E-state index contributed by atoms with van der Waals surface area (Å²) >= 11 is 0. The summed E-state index contributed by atoms with van der Waals surface area (Å²) in [5.41, 5.74) is 4.21. The molecule has 2 rings (SSSR count). The van der Waals surface area contributed by atoms with Gasteiger partial charge in [0.25, 0.3) is 0 Å². The minimum atomic E-state index is 0.667. The standard InChI is InChI=1S/C12H16/c1-9-7-8-11-5-3-4-6-12(11)10(9)2/h8,12H,1-7H2.